The fourth-order valence-electron chi connectivity index (χ4n) is 2.14. The van der Waals surface area contributed by atoms with E-state index in [1.807, 2.05) is 28.6 Å². The number of hydrogen-bond acceptors (Lipinski definition) is 4. The minimum atomic E-state index is -0.282. The van der Waals surface area contributed by atoms with Crippen LogP contribution in [0, 0.1) is 0 Å². The van der Waals surface area contributed by atoms with Crippen LogP contribution in [-0.2, 0) is 16.0 Å². The zero-order chi connectivity index (χ0) is 14.5. The molecular formula is C14H18N4O2. The molecule has 2 aromatic heterocycles. The van der Waals surface area contributed by atoms with E-state index in [2.05, 4.69) is 23.3 Å². The van der Waals surface area contributed by atoms with E-state index < -0.39 is 0 Å². The van der Waals surface area contributed by atoms with E-state index in [9.17, 15) is 9.59 Å². The van der Waals surface area contributed by atoms with Crippen molar-refractivity contribution >= 4 is 23.8 Å². The Morgan fingerprint density at radius 2 is 2.35 bits per heavy atom. The molecule has 1 N–H and O–H groups in total. The Morgan fingerprint density at radius 3 is 3.05 bits per heavy atom. The minimum Gasteiger partial charge on any atom is -0.359 e. The highest BCUT2D eigenvalue weighted by atomic mass is 16.2. The molecule has 0 bridgehead atoms. The molecule has 106 valence electrons. The van der Waals surface area contributed by atoms with Crippen LogP contribution in [0.15, 0.2) is 24.5 Å². The number of aryl methyl sites for hydroxylation is 1. The Bertz CT molecular complexity index is 621. The number of imide groups is 1. The fourth-order valence-corrected chi connectivity index (χ4v) is 2.14. The molecule has 0 atom stereocenters. The third-order valence-electron chi connectivity index (χ3n) is 3.26. The van der Waals surface area contributed by atoms with Crippen LogP contribution in [0.5, 0.6) is 0 Å². The third kappa shape index (κ3) is 2.79. The van der Waals surface area contributed by atoms with Crippen molar-refractivity contribution in [1.82, 2.24) is 14.7 Å². The summed E-state index contributed by atoms with van der Waals surface area (Å²) >= 11 is 0. The molecule has 0 aliphatic carbocycles. The standard InChI is InChI=1S/C14H18N4O2/c1-3-11-5-4-7-18-13(9-15-14(11)18)17(2)8-6-12(20)16-10-19/h4-5,7,9-10H,3,6,8H2,1-2H3,(H,16,19,20). The van der Waals surface area contributed by atoms with E-state index >= 15 is 0 Å². The Balaban J connectivity index is 2.16. The summed E-state index contributed by atoms with van der Waals surface area (Å²) in [5.41, 5.74) is 2.13. The van der Waals surface area contributed by atoms with Crippen LogP contribution >= 0.6 is 0 Å². The van der Waals surface area contributed by atoms with Gasteiger partial charge in [0, 0.05) is 26.2 Å². The molecule has 2 amide bonds. The number of aromatic nitrogens is 2. The highest BCUT2D eigenvalue weighted by molar-refractivity contribution is 5.86. The maximum Gasteiger partial charge on any atom is 0.228 e. The number of fused-ring (bicyclic) bond motifs is 1. The van der Waals surface area contributed by atoms with Crippen molar-refractivity contribution in [1.29, 1.82) is 0 Å². The van der Waals surface area contributed by atoms with Gasteiger partial charge in [-0.05, 0) is 18.1 Å². The predicted molar refractivity (Wildman–Crippen MR) is 76.7 cm³/mol. The van der Waals surface area contributed by atoms with Crippen molar-refractivity contribution < 1.29 is 9.59 Å². The lowest BCUT2D eigenvalue weighted by atomic mass is 10.2. The lowest BCUT2D eigenvalue weighted by Crippen LogP contribution is -2.28. The molecule has 6 heteroatoms. The highest BCUT2D eigenvalue weighted by Gasteiger charge is 2.11. The van der Waals surface area contributed by atoms with Crippen LogP contribution in [0.1, 0.15) is 18.9 Å². The minimum absolute atomic E-state index is 0.260. The second-order valence-electron chi connectivity index (χ2n) is 4.55. The molecule has 2 rings (SSSR count). The van der Waals surface area contributed by atoms with E-state index in [4.69, 9.17) is 0 Å². The molecular weight excluding hydrogens is 256 g/mol. The summed E-state index contributed by atoms with van der Waals surface area (Å²) < 4.78 is 2.01. The van der Waals surface area contributed by atoms with Gasteiger partial charge >= 0.3 is 0 Å². The number of carbonyl (C=O) groups excluding carboxylic acids is 2. The van der Waals surface area contributed by atoms with Gasteiger partial charge in [-0.3, -0.25) is 19.3 Å². The molecule has 2 aromatic rings. The first-order valence-electron chi connectivity index (χ1n) is 6.56. The summed E-state index contributed by atoms with van der Waals surface area (Å²) in [5, 5.41) is 2.13. The van der Waals surface area contributed by atoms with Crippen molar-refractivity contribution in [2.24, 2.45) is 0 Å². The Hall–Kier alpha value is -2.37. The number of nitrogens with zero attached hydrogens (tertiary/aromatic N) is 3. The number of carbonyl (C=O) groups is 2. The van der Waals surface area contributed by atoms with Crippen molar-refractivity contribution in [2.75, 3.05) is 18.5 Å². The lowest BCUT2D eigenvalue weighted by molar-refractivity contribution is -0.125. The number of amides is 2. The van der Waals surface area contributed by atoms with Crippen LogP contribution in [0.25, 0.3) is 5.65 Å². The average Bonchev–Trinajstić information content (AvgIpc) is 2.89. The topological polar surface area (TPSA) is 66.7 Å². The number of rotatable bonds is 6. The number of anilines is 1. The number of hydrogen-bond donors (Lipinski definition) is 1. The molecule has 6 nitrogen and oxygen atoms in total. The normalized spacial score (nSPS) is 10.5. The molecule has 0 fully saturated rings. The highest BCUT2D eigenvalue weighted by Crippen LogP contribution is 2.18. The Kier molecular flexibility index (Phi) is 4.34. The van der Waals surface area contributed by atoms with E-state index in [0.717, 1.165) is 17.9 Å². The average molecular weight is 274 g/mol. The zero-order valence-electron chi connectivity index (χ0n) is 11.7. The molecule has 20 heavy (non-hydrogen) atoms. The van der Waals surface area contributed by atoms with Crippen molar-refractivity contribution in [2.45, 2.75) is 19.8 Å². The van der Waals surface area contributed by atoms with Crippen LogP contribution in [-0.4, -0.2) is 35.3 Å². The van der Waals surface area contributed by atoms with Gasteiger partial charge in [0.2, 0.25) is 12.3 Å². The summed E-state index contributed by atoms with van der Waals surface area (Å²) in [6.07, 6.45) is 5.34. The third-order valence-corrected chi connectivity index (χ3v) is 3.26. The number of nitrogens with one attached hydrogen (secondary N) is 1. The van der Waals surface area contributed by atoms with Crippen LogP contribution in [0.4, 0.5) is 5.82 Å². The summed E-state index contributed by atoms with van der Waals surface area (Å²) in [6.45, 7) is 2.61. The van der Waals surface area contributed by atoms with E-state index in [-0.39, 0.29) is 12.3 Å². The van der Waals surface area contributed by atoms with E-state index in [0.29, 0.717) is 13.0 Å². The first-order valence-corrected chi connectivity index (χ1v) is 6.56. The van der Waals surface area contributed by atoms with Gasteiger partial charge in [0.1, 0.15) is 11.5 Å². The zero-order valence-corrected chi connectivity index (χ0v) is 11.7. The van der Waals surface area contributed by atoms with Gasteiger partial charge in [0.05, 0.1) is 6.20 Å². The number of imidazole rings is 1. The summed E-state index contributed by atoms with van der Waals surface area (Å²) in [4.78, 5) is 27.9. The van der Waals surface area contributed by atoms with Crippen LogP contribution in [0.2, 0.25) is 0 Å². The number of pyridine rings is 1. The molecule has 0 aromatic carbocycles. The smallest absolute Gasteiger partial charge is 0.228 e. The van der Waals surface area contributed by atoms with Gasteiger partial charge in [0.25, 0.3) is 0 Å². The molecule has 0 unspecified atom stereocenters. The van der Waals surface area contributed by atoms with E-state index in [1.165, 1.54) is 5.56 Å². The second kappa shape index (κ2) is 6.18. The SMILES string of the molecule is CCc1cccn2c(N(C)CCC(=O)NC=O)cnc12. The molecule has 0 saturated heterocycles. The summed E-state index contributed by atoms with van der Waals surface area (Å²) in [6, 6.07) is 4.05. The van der Waals surface area contributed by atoms with Crippen LogP contribution in [0.3, 0.4) is 0 Å². The maximum atomic E-state index is 11.3. The van der Waals surface area contributed by atoms with Gasteiger partial charge in [-0.25, -0.2) is 4.98 Å². The van der Waals surface area contributed by atoms with Gasteiger partial charge in [-0.2, -0.15) is 0 Å². The van der Waals surface area contributed by atoms with Crippen LogP contribution < -0.4 is 10.2 Å². The largest absolute Gasteiger partial charge is 0.359 e. The van der Waals surface area contributed by atoms with Crippen molar-refractivity contribution in [3.8, 4) is 0 Å². The van der Waals surface area contributed by atoms with Gasteiger partial charge in [-0.1, -0.05) is 13.0 Å². The predicted octanol–water partition coefficient (Wildman–Crippen LogP) is 0.996. The molecule has 0 aliphatic heterocycles. The first kappa shape index (κ1) is 14.0. The summed E-state index contributed by atoms with van der Waals surface area (Å²) in [7, 11) is 1.90. The summed E-state index contributed by atoms with van der Waals surface area (Å²) in [5.74, 6) is 0.643. The maximum absolute atomic E-state index is 11.3. The molecule has 0 aliphatic rings. The first-order chi connectivity index (χ1) is 9.67. The van der Waals surface area contributed by atoms with Gasteiger partial charge in [-0.15, -0.1) is 0 Å². The van der Waals surface area contributed by atoms with Crippen molar-refractivity contribution in [3.05, 3.63) is 30.1 Å². The molecule has 0 radical (unpaired) electrons. The fraction of sp³-hybridized carbons (Fsp3) is 0.357. The molecule has 0 saturated carbocycles. The Labute approximate surface area is 117 Å². The van der Waals surface area contributed by atoms with E-state index in [1.54, 1.807) is 6.20 Å². The Morgan fingerprint density at radius 1 is 1.55 bits per heavy atom. The van der Waals surface area contributed by atoms with Crippen molar-refractivity contribution in [3.63, 3.8) is 0 Å². The lowest BCUT2D eigenvalue weighted by Gasteiger charge is -2.17. The quantitative estimate of drug-likeness (QED) is 0.798. The molecule has 0 spiro atoms. The second-order valence-corrected chi connectivity index (χ2v) is 4.55. The monoisotopic (exact) mass is 274 g/mol. The molecule has 2 heterocycles. The van der Waals surface area contributed by atoms with Gasteiger partial charge < -0.3 is 4.90 Å². The van der Waals surface area contributed by atoms with Gasteiger partial charge in [0.15, 0.2) is 0 Å².